The summed E-state index contributed by atoms with van der Waals surface area (Å²) in [5, 5.41) is 22.9. The Balaban J connectivity index is 0.000000454. The Kier molecular flexibility index (Phi) is 10.8. The van der Waals surface area contributed by atoms with Crippen LogP contribution in [-0.2, 0) is 14.3 Å². The maximum absolute atomic E-state index is 12.9. The lowest BCUT2D eigenvalue weighted by atomic mass is 9.89. The number of aliphatic hydroxyl groups excluding tert-OH is 1. The second-order valence-electron chi connectivity index (χ2n) is 9.58. The number of ketones is 1. The summed E-state index contributed by atoms with van der Waals surface area (Å²) in [4.78, 5) is 34.4. The second kappa shape index (κ2) is 14.0. The molecule has 9 nitrogen and oxygen atoms in total. The van der Waals surface area contributed by atoms with Crippen LogP contribution in [0.15, 0.2) is 36.5 Å². The lowest BCUT2D eigenvalue weighted by Crippen LogP contribution is -2.38. The summed E-state index contributed by atoms with van der Waals surface area (Å²) in [6, 6.07) is 5.70. The van der Waals surface area contributed by atoms with Gasteiger partial charge in [0.25, 0.3) is 0 Å². The standard InChI is InChI=1S/C23H33N3O3.C4H4O3/c1-17(27)26-16-20-3-2-4-21(23(20)24-26)22(28)6-5-18-7-11-25(12-8-18)15-19-9-13-29-14-10-19;5-3-1-2-4(6)7/h2-4,16-19,27H,5-15H2,1H3;1-3H,(H,6,7)/b;2-1+. The SMILES string of the molecule is CC(O)n1cc2cccc(C(=O)CCC3CCN(CC4CCOCC4)CC3)c2n1.O=C/C=C/C(=O)O. The molecule has 1 unspecified atom stereocenters. The van der Waals surface area contributed by atoms with Gasteiger partial charge in [-0.25, -0.2) is 9.48 Å². The molecule has 2 saturated heterocycles. The third kappa shape index (κ3) is 8.36. The van der Waals surface area contributed by atoms with Gasteiger partial charge in [-0.3, -0.25) is 9.59 Å². The fourth-order valence-electron chi connectivity index (χ4n) is 4.82. The lowest BCUT2D eigenvalue weighted by molar-refractivity contribution is -0.131. The molecule has 1 aromatic heterocycles. The molecule has 9 heteroatoms. The van der Waals surface area contributed by atoms with Gasteiger partial charge < -0.3 is 19.8 Å². The number of piperidine rings is 1. The third-order valence-electron chi connectivity index (χ3n) is 6.90. The highest BCUT2D eigenvalue weighted by molar-refractivity contribution is 6.06. The van der Waals surface area contributed by atoms with Gasteiger partial charge in [-0.1, -0.05) is 12.1 Å². The van der Waals surface area contributed by atoms with E-state index in [4.69, 9.17) is 9.84 Å². The van der Waals surface area contributed by atoms with Crippen molar-refractivity contribution in [1.82, 2.24) is 14.7 Å². The van der Waals surface area contributed by atoms with Crippen LogP contribution < -0.4 is 0 Å². The van der Waals surface area contributed by atoms with Crippen molar-refractivity contribution in [3.8, 4) is 0 Å². The number of hydrogen-bond donors (Lipinski definition) is 2. The average Bonchev–Trinajstić information content (AvgIpc) is 3.33. The topological polar surface area (TPSA) is 122 Å². The zero-order valence-corrected chi connectivity index (χ0v) is 20.9. The van der Waals surface area contributed by atoms with Crippen molar-refractivity contribution in [2.24, 2.45) is 11.8 Å². The molecule has 0 bridgehead atoms. The summed E-state index contributed by atoms with van der Waals surface area (Å²) in [6.45, 7) is 7.04. The number of fused-ring (bicyclic) bond motifs is 1. The minimum atomic E-state index is -1.10. The van der Waals surface area contributed by atoms with Gasteiger partial charge in [-0.15, -0.1) is 0 Å². The number of allylic oxidation sites excluding steroid dienone is 1. The van der Waals surface area contributed by atoms with E-state index >= 15 is 0 Å². The van der Waals surface area contributed by atoms with Gasteiger partial charge in [0.1, 0.15) is 18.0 Å². The second-order valence-corrected chi connectivity index (χ2v) is 9.58. The number of benzene rings is 1. The minimum Gasteiger partial charge on any atom is -0.478 e. The highest BCUT2D eigenvalue weighted by Gasteiger charge is 2.24. The van der Waals surface area contributed by atoms with Gasteiger partial charge >= 0.3 is 5.97 Å². The molecule has 4 rings (SSSR count). The normalized spacial score (nSPS) is 18.6. The number of likely N-dealkylation sites (tertiary alicyclic amines) is 1. The number of carbonyl (C=O) groups excluding carboxylic acids is 2. The first-order chi connectivity index (χ1) is 17.4. The summed E-state index contributed by atoms with van der Waals surface area (Å²) >= 11 is 0. The molecule has 2 N–H and O–H groups in total. The zero-order chi connectivity index (χ0) is 25.9. The fourth-order valence-corrected chi connectivity index (χ4v) is 4.82. The molecule has 196 valence electrons. The van der Waals surface area contributed by atoms with Gasteiger partial charge in [0.2, 0.25) is 0 Å². The lowest BCUT2D eigenvalue weighted by Gasteiger charge is -2.35. The van der Waals surface area contributed by atoms with Crippen LogP contribution in [0.25, 0.3) is 10.9 Å². The first-order valence-corrected chi connectivity index (χ1v) is 12.7. The molecule has 1 atom stereocenters. The molecule has 0 radical (unpaired) electrons. The van der Waals surface area contributed by atoms with Crippen LogP contribution in [0.3, 0.4) is 0 Å². The van der Waals surface area contributed by atoms with Crippen molar-refractivity contribution < 1.29 is 29.3 Å². The molecular formula is C27H37N3O6. The molecule has 2 aliphatic rings. The van der Waals surface area contributed by atoms with Crippen LogP contribution in [0.5, 0.6) is 0 Å². The van der Waals surface area contributed by atoms with Crippen molar-refractivity contribution in [3.05, 3.63) is 42.1 Å². The number of hydrogen-bond acceptors (Lipinski definition) is 7. The number of aliphatic hydroxyl groups is 1. The maximum Gasteiger partial charge on any atom is 0.328 e. The zero-order valence-electron chi connectivity index (χ0n) is 20.9. The van der Waals surface area contributed by atoms with Crippen LogP contribution in [0.4, 0.5) is 0 Å². The van der Waals surface area contributed by atoms with Gasteiger partial charge in [0.05, 0.1) is 0 Å². The van der Waals surface area contributed by atoms with E-state index in [-0.39, 0.29) is 5.78 Å². The highest BCUT2D eigenvalue weighted by atomic mass is 16.5. The molecule has 0 aliphatic carbocycles. The number of rotatable bonds is 9. The number of ether oxygens (including phenoxy) is 1. The van der Waals surface area contributed by atoms with E-state index < -0.39 is 12.2 Å². The molecular weight excluding hydrogens is 462 g/mol. The van der Waals surface area contributed by atoms with Gasteiger partial charge in [0.15, 0.2) is 5.78 Å². The predicted molar refractivity (Wildman–Crippen MR) is 136 cm³/mol. The Morgan fingerprint density at radius 3 is 2.50 bits per heavy atom. The largest absolute Gasteiger partial charge is 0.478 e. The van der Waals surface area contributed by atoms with E-state index in [1.165, 1.54) is 36.9 Å². The Morgan fingerprint density at radius 1 is 1.17 bits per heavy atom. The quantitative estimate of drug-likeness (QED) is 0.306. The third-order valence-corrected chi connectivity index (χ3v) is 6.90. The number of aldehydes is 1. The summed E-state index contributed by atoms with van der Waals surface area (Å²) in [5.74, 6) is 0.492. The molecule has 1 aromatic carbocycles. The summed E-state index contributed by atoms with van der Waals surface area (Å²) in [6.07, 6.45) is 9.51. The van der Waals surface area contributed by atoms with Crippen LogP contribution in [0.2, 0.25) is 0 Å². The molecule has 3 heterocycles. The Labute approximate surface area is 211 Å². The van der Waals surface area contributed by atoms with E-state index in [0.717, 1.165) is 56.2 Å². The molecule has 0 amide bonds. The molecule has 2 aromatic rings. The van der Waals surface area contributed by atoms with Crippen molar-refractivity contribution in [1.29, 1.82) is 0 Å². The number of carboxylic acids is 1. The number of Topliss-reactive ketones (excluding diaryl/α,β-unsaturated/α-hetero) is 1. The molecule has 2 aliphatic heterocycles. The van der Waals surface area contributed by atoms with E-state index in [1.807, 2.05) is 18.2 Å². The van der Waals surface area contributed by atoms with Gasteiger partial charge in [-0.2, -0.15) is 5.10 Å². The predicted octanol–water partition coefficient (Wildman–Crippen LogP) is 3.47. The van der Waals surface area contributed by atoms with E-state index in [2.05, 4.69) is 10.00 Å². The summed E-state index contributed by atoms with van der Waals surface area (Å²) in [5.41, 5.74) is 1.38. The maximum atomic E-state index is 12.9. The number of carboxylic acid groups (broad SMARTS) is 1. The van der Waals surface area contributed by atoms with Crippen LogP contribution in [0, 0.1) is 11.8 Å². The van der Waals surface area contributed by atoms with Gasteiger partial charge in [-0.05, 0) is 76.1 Å². The Morgan fingerprint density at radius 2 is 1.89 bits per heavy atom. The molecule has 0 saturated carbocycles. The fraction of sp³-hybridized carbons (Fsp3) is 0.556. The summed E-state index contributed by atoms with van der Waals surface area (Å²) in [7, 11) is 0. The van der Waals surface area contributed by atoms with Crippen molar-refractivity contribution in [2.75, 3.05) is 32.8 Å². The molecule has 36 heavy (non-hydrogen) atoms. The smallest absolute Gasteiger partial charge is 0.328 e. The van der Waals surface area contributed by atoms with Crippen molar-refractivity contribution in [2.45, 2.75) is 51.7 Å². The van der Waals surface area contributed by atoms with E-state index in [1.54, 1.807) is 13.1 Å². The monoisotopic (exact) mass is 499 g/mol. The van der Waals surface area contributed by atoms with Gasteiger partial charge in [0, 0.05) is 49.4 Å². The Bertz CT molecular complexity index is 1030. The van der Waals surface area contributed by atoms with Crippen LogP contribution in [0.1, 0.15) is 62.0 Å². The molecule has 0 spiro atoms. The van der Waals surface area contributed by atoms with Crippen molar-refractivity contribution in [3.63, 3.8) is 0 Å². The van der Waals surface area contributed by atoms with Crippen molar-refractivity contribution >= 4 is 28.9 Å². The number of nitrogens with zero attached hydrogens (tertiary/aromatic N) is 3. The number of aliphatic carboxylic acids is 1. The first kappa shape index (κ1) is 27.7. The minimum absolute atomic E-state index is 0.163. The highest BCUT2D eigenvalue weighted by Crippen LogP contribution is 2.26. The van der Waals surface area contributed by atoms with Crippen LogP contribution in [-0.4, -0.2) is 75.8 Å². The Hall–Kier alpha value is -2.88. The van der Waals surface area contributed by atoms with E-state index in [9.17, 15) is 19.5 Å². The molecule has 2 fully saturated rings. The summed E-state index contributed by atoms with van der Waals surface area (Å²) < 4.78 is 6.98. The van der Waals surface area contributed by atoms with Crippen LogP contribution >= 0.6 is 0 Å². The first-order valence-electron chi connectivity index (χ1n) is 12.7. The van der Waals surface area contributed by atoms with E-state index in [0.29, 0.717) is 29.7 Å². The number of carbonyl (C=O) groups is 3. The number of aromatic nitrogens is 2. The average molecular weight is 500 g/mol.